The molecule has 0 radical (unpaired) electrons. The summed E-state index contributed by atoms with van der Waals surface area (Å²) < 4.78 is 4.89. The van der Waals surface area contributed by atoms with Crippen molar-refractivity contribution in [2.75, 3.05) is 0 Å². The first-order valence-electron chi connectivity index (χ1n) is 19.6. The number of nitrogens with zero attached hydrogens (tertiary/aromatic N) is 5. The molecule has 0 fully saturated rings. The molecule has 5 nitrogen and oxygen atoms in total. The van der Waals surface area contributed by atoms with Gasteiger partial charge < -0.3 is 8.97 Å². The molecule has 58 heavy (non-hydrogen) atoms. The fraction of sp³-hybridized carbons (Fsp3) is 0. The molecule has 0 atom stereocenters. The zero-order valence-electron chi connectivity index (χ0n) is 31.3. The maximum absolute atomic E-state index is 4.93. The number of pyridine rings is 1. The number of hydrogen-bond donors (Lipinski definition) is 0. The summed E-state index contributed by atoms with van der Waals surface area (Å²) in [5, 5.41) is 7.52. The highest BCUT2D eigenvalue weighted by molar-refractivity contribution is 6.22. The molecule has 0 N–H and O–H groups in total. The first-order chi connectivity index (χ1) is 28.8. The maximum Gasteiger partial charge on any atom is 0.164 e. The van der Waals surface area contributed by atoms with Gasteiger partial charge in [-0.3, -0.25) is 0 Å². The minimum Gasteiger partial charge on any atom is -0.309 e. The molecule has 0 spiro atoms. The molecule has 12 aromatic rings. The number of para-hydroxylation sites is 2. The lowest BCUT2D eigenvalue weighted by atomic mass is 10.0. The van der Waals surface area contributed by atoms with Crippen molar-refractivity contribution in [2.24, 2.45) is 0 Å². The largest absolute Gasteiger partial charge is 0.309 e. The minimum absolute atomic E-state index is 0.645. The third-order valence-electron chi connectivity index (χ3n) is 11.6. The molecule has 8 aromatic carbocycles. The second-order valence-electron chi connectivity index (χ2n) is 14.8. The molecule has 0 aliphatic carbocycles. The maximum atomic E-state index is 4.93. The molecule has 0 amide bonds. The third kappa shape index (κ3) is 5.00. The zero-order chi connectivity index (χ0) is 38.2. The molecule has 0 bridgehead atoms. The Bertz CT molecular complexity index is 3470. The molecule has 0 aliphatic heterocycles. The lowest BCUT2D eigenvalue weighted by Gasteiger charge is -2.11. The van der Waals surface area contributed by atoms with Crippen LogP contribution < -0.4 is 0 Å². The van der Waals surface area contributed by atoms with Crippen LogP contribution in [0.2, 0.25) is 0 Å². The summed E-state index contributed by atoms with van der Waals surface area (Å²) in [5.74, 6) is 1.95. The van der Waals surface area contributed by atoms with E-state index in [-0.39, 0.29) is 0 Å². The smallest absolute Gasteiger partial charge is 0.164 e. The molecule has 4 heterocycles. The van der Waals surface area contributed by atoms with Gasteiger partial charge in [-0.05, 0) is 52.9 Å². The van der Waals surface area contributed by atoms with Crippen LogP contribution in [-0.2, 0) is 0 Å². The van der Waals surface area contributed by atoms with E-state index in [0.717, 1.165) is 33.5 Å². The zero-order valence-corrected chi connectivity index (χ0v) is 31.3. The summed E-state index contributed by atoms with van der Waals surface area (Å²) in [6, 6.07) is 71.0. The minimum atomic E-state index is 0.645. The summed E-state index contributed by atoms with van der Waals surface area (Å²) in [4.78, 5) is 14.7. The van der Waals surface area contributed by atoms with Gasteiger partial charge in [0.05, 0.1) is 27.6 Å². The van der Waals surface area contributed by atoms with Crippen LogP contribution in [0.25, 0.3) is 111 Å². The number of benzene rings is 8. The Morgan fingerprint density at radius 2 is 0.707 bits per heavy atom. The van der Waals surface area contributed by atoms with Gasteiger partial charge in [0, 0.05) is 49.3 Å². The number of fused-ring (bicyclic) bond motifs is 12. The van der Waals surface area contributed by atoms with Crippen LogP contribution in [0.5, 0.6) is 0 Å². The van der Waals surface area contributed by atoms with E-state index in [4.69, 9.17) is 15.0 Å². The Labute approximate surface area is 333 Å². The predicted molar refractivity (Wildman–Crippen MR) is 239 cm³/mol. The number of aromatic nitrogens is 5. The standard InChI is InChI=1S/C53H33N5/c1-3-13-36(14-4-1)51-54-52(37-15-5-2-6-16-37)56-53(55-51)38-25-23-34(24-26-38)35-27-29-39(30-28-35)57-46-21-11-10-20-43(46)44-31-32-48-45(50(44)57)33-49-42-19-8-7-17-40(42)41-18-9-12-22-47(41)58(48)49/h1-33H. The van der Waals surface area contributed by atoms with Crippen LogP contribution in [0.15, 0.2) is 200 Å². The SMILES string of the molecule is c1ccc(-c2nc(-c3ccccc3)nc(-c3ccc(-c4ccc(-n5c6ccccc6c6ccc7c(cc8c9ccccc9c9ccccc9n87)c65)cc4)cc3)n2)cc1. The van der Waals surface area contributed by atoms with Crippen molar-refractivity contribution >= 4 is 59.9 Å². The number of hydrogen-bond acceptors (Lipinski definition) is 3. The molecular formula is C53H33N5. The molecule has 0 saturated carbocycles. The van der Waals surface area contributed by atoms with Crippen molar-refractivity contribution in [3.63, 3.8) is 0 Å². The Morgan fingerprint density at radius 1 is 0.276 bits per heavy atom. The monoisotopic (exact) mass is 739 g/mol. The van der Waals surface area contributed by atoms with Crippen LogP contribution in [0.4, 0.5) is 0 Å². The lowest BCUT2D eigenvalue weighted by molar-refractivity contribution is 1.07. The quantitative estimate of drug-likeness (QED) is 0.165. The van der Waals surface area contributed by atoms with E-state index in [9.17, 15) is 0 Å². The van der Waals surface area contributed by atoms with E-state index in [0.29, 0.717) is 17.5 Å². The van der Waals surface area contributed by atoms with Gasteiger partial charge >= 0.3 is 0 Å². The second-order valence-corrected chi connectivity index (χ2v) is 14.8. The molecule has 5 heteroatoms. The van der Waals surface area contributed by atoms with Gasteiger partial charge in [-0.15, -0.1) is 0 Å². The molecule has 12 rings (SSSR count). The lowest BCUT2D eigenvalue weighted by Crippen LogP contribution is -2.00. The molecule has 0 saturated heterocycles. The van der Waals surface area contributed by atoms with Gasteiger partial charge in [0.25, 0.3) is 0 Å². The van der Waals surface area contributed by atoms with E-state index < -0.39 is 0 Å². The molecule has 4 aromatic heterocycles. The molecule has 0 unspecified atom stereocenters. The Hall–Kier alpha value is -7.89. The molecule has 0 aliphatic rings. The van der Waals surface area contributed by atoms with Crippen molar-refractivity contribution in [1.82, 2.24) is 23.9 Å². The summed E-state index contributed by atoms with van der Waals surface area (Å²) in [7, 11) is 0. The first kappa shape index (κ1) is 32.4. The number of rotatable bonds is 5. The van der Waals surface area contributed by atoms with E-state index >= 15 is 0 Å². The van der Waals surface area contributed by atoms with Crippen molar-refractivity contribution < 1.29 is 0 Å². The van der Waals surface area contributed by atoms with Gasteiger partial charge in [0.1, 0.15) is 0 Å². The van der Waals surface area contributed by atoms with Gasteiger partial charge in [-0.2, -0.15) is 0 Å². The van der Waals surface area contributed by atoms with E-state index in [1.165, 1.54) is 59.9 Å². The van der Waals surface area contributed by atoms with E-state index in [1.54, 1.807) is 0 Å². The van der Waals surface area contributed by atoms with Crippen LogP contribution in [0.1, 0.15) is 0 Å². The van der Waals surface area contributed by atoms with Gasteiger partial charge in [-0.1, -0.05) is 164 Å². The summed E-state index contributed by atoms with van der Waals surface area (Å²) in [6.45, 7) is 0. The van der Waals surface area contributed by atoms with Gasteiger partial charge in [0.15, 0.2) is 17.5 Å². The van der Waals surface area contributed by atoms with Gasteiger partial charge in [0.2, 0.25) is 0 Å². The Morgan fingerprint density at radius 3 is 1.31 bits per heavy atom. The topological polar surface area (TPSA) is 48.0 Å². The highest BCUT2D eigenvalue weighted by Crippen LogP contribution is 2.41. The third-order valence-corrected chi connectivity index (χ3v) is 11.6. The van der Waals surface area contributed by atoms with Crippen molar-refractivity contribution in [3.05, 3.63) is 200 Å². The van der Waals surface area contributed by atoms with Crippen LogP contribution in [0.3, 0.4) is 0 Å². The van der Waals surface area contributed by atoms with Crippen LogP contribution in [0, 0.1) is 0 Å². The fourth-order valence-corrected chi connectivity index (χ4v) is 8.86. The molecule has 270 valence electrons. The summed E-state index contributed by atoms with van der Waals surface area (Å²) in [6.07, 6.45) is 0. The van der Waals surface area contributed by atoms with Gasteiger partial charge in [-0.25, -0.2) is 15.0 Å². The van der Waals surface area contributed by atoms with Crippen molar-refractivity contribution in [1.29, 1.82) is 0 Å². The normalized spacial score (nSPS) is 11.8. The first-order valence-corrected chi connectivity index (χ1v) is 19.6. The molecular weight excluding hydrogens is 707 g/mol. The van der Waals surface area contributed by atoms with Crippen molar-refractivity contribution in [3.8, 4) is 51.0 Å². The predicted octanol–water partition coefficient (Wildman–Crippen LogP) is 13.3. The summed E-state index contributed by atoms with van der Waals surface area (Å²) in [5.41, 5.74) is 12.3. The fourth-order valence-electron chi connectivity index (χ4n) is 8.86. The second kappa shape index (κ2) is 12.8. The average molecular weight is 740 g/mol. The van der Waals surface area contributed by atoms with Crippen molar-refractivity contribution in [2.45, 2.75) is 0 Å². The highest BCUT2D eigenvalue weighted by Gasteiger charge is 2.19. The Kier molecular flexibility index (Phi) is 7.16. The summed E-state index contributed by atoms with van der Waals surface area (Å²) >= 11 is 0. The van der Waals surface area contributed by atoms with E-state index in [2.05, 4.69) is 148 Å². The van der Waals surface area contributed by atoms with Crippen LogP contribution >= 0.6 is 0 Å². The van der Waals surface area contributed by atoms with Crippen LogP contribution in [-0.4, -0.2) is 23.9 Å². The average Bonchev–Trinajstić information content (AvgIpc) is 3.87. The Balaban J connectivity index is 0.973. The highest BCUT2D eigenvalue weighted by atomic mass is 15.0. The van der Waals surface area contributed by atoms with E-state index in [1.807, 2.05) is 60.7 Å².